The van der Waals surface area contributed by atoms with Gasteiger partial charge in [0.2, 0.25) is 0 Å². The second kappa shape index (κ2) is 5.85. The molecule has 2 rings (SSSR count). The normalized spacial score (nSPS) is 10.3. The number of benzene rings is 2. The third kappa shape index (κ3) is 3.32. The highest BCUT2D eigenvalue weighted by atomic mass is 35.5. The first-order valence-corrected chi connectivity index (χ1v) is 6.43. The maximum Gasteiger partial charge on any atom is 0.115 e. The molecule has 19 heavy (non-hydrogen) atoms. The van der Waals surface area contributed by atoms with Crippen LogP contribution in [0.3, 0.4) is 0 Å². The Morgan fingerprint density at radius 3 is 2.58 bits per heavy atom. The Morgan fingerprint density at radius 1 is 1.16 bits per heavy atom. The molecule has 0 aliphatic heterocycles. The minimum absolute atomic E-state index is 0.276. The van der Waals surface area contributed by atoms with E-state index < -0.39 is 0 Å². The number of phenolic OH excluding ortho intramolecular Hbond substituents is 1. The van der Waals surface area contributed by atoms with Crippen LogP contribution in [0.2, 0.25) is 5.02 Å². The van der Waals surface area contributed by atoms with Gasteiger partial charge in [-0.15, -0.1) is 0 Å². The van der Waals surface area contributed by atoms with Crippen molar-refractivity contribution in [3.8, 4) is 5.75 Å². The SMILES string of the molecule is CN(C)c1c(Cl)cccc1NCc1cccc(O)c1. The van der Waals surface area contributed by atoms with Crippen LogP contribution in [0.5, 0.6) is 5.75 Å². The largest absolute Gasteiger partial charge is 0.508 e. The van der Waals surface area contributed by atoms with Gasteiger partial charge in [-0.2, -0.15) is 0 Å². The van der Waals surface area contributed by atoms with Gasteiger partial charge >= 0.3 is 0 Å². The van der Waals surface area contributed by atoms with Crippen LogP contribution in [-0.2, 0) is 6.54 Å². The Morgan fingerprint density at radius 2 is 1.89 bits per heavy atom. The van der Waals surface area contributed by atoms with Crippen molar-refractivity contribution in [2.75, 3.05) is 24.3 Å². The predicted molar refractivity (Wildman–Crippen MR) is 81.2 cm³/mol. The van der Waals surface area contributed by atoms with Crippen LogP contribution in [-0.4, -0.2) is 19.2 Å². The molecule has 100 valence electrons. The standard InChI is InChI=1S/C15H17ClN2O/c1-18(2)15-13(16)7-4-8-14(15)17-10-11-5-3-6-12(19)9-11/h3-9,17,19H,10H2,1-2H3. The summed E-state index contributed by atoms with van der Waals surface area (Å²) >= 11 is 6.21. The lowest BCUT2D eigenvalue weighted by molar-refractivity contribution is 0.474. The Hall–Kier alpha value is -1.87. The van der Waals surface area contributed by atoms with E-state index in [0.29, 0.717) is 11.6 Å². The summed E-state index contributed by atoms with van der Waals surface area (Å²) in [5, 5.41) is 13.5. The minimum Gasteiger partial charge on any atom is -0.508 e. The van der Waals surface area contributed by atoms with Crippen LogP contribution >= 0.6 is 11.6 Å². The van der Waals surface area contributed by atoms with E-state index >= 15 is 0 Å². The average Bonchev–Trinajstić information content (AvgIpc) is 2.36. The molecule has 0 atom stereocenters. The molecule has 3 nitrogen and oxygen atoms in total. The fraction of sp³-hybridized carbons (Fsp3) is 0.200. The molecule has 0 fully saturated rings. The van der Waals surface area contributed by atoms with Crippen molar-refractivity contribution in [1.29, 1.82) is 0 Å². The first-order chi connectivity index (χ1) is 9.08. The third-order valence-corrected chi connectivity index (χ3v) is 3.13. The van der Waals surface area contributed by atoms with E-state index in [1.807, 2.05) is 49.3 Å². The summed E-state index contributed by atoms with van der Waals surface area (Å²) in [5.41, 5.74) is 2.95. The van der Waals surface area contributed by atoms with Crippen LogP contribution in [0.15, 0.2) is 42.5 Å². The van der Waals surface area contributed by atoms with E-state index in [9.17, 15) is 5.11 Å². The number of hydrogen-bond acceptors (Lipinski definition) is 3. The third-order valence-electron chi connectivity index (χ3n) is 2.83. The van der Waals surface area contributed by atoms with Gasteiger partial charge in [-0.05, 0) is 29.8 Å². The summed E-state index contributed by atoms with van der Waals surface area (Å²) in [6.07, 6.45) is 0. The van der Waals surface area contributed by atoms with Gasteiger partial charge in [0.15, 0.2) is 0 Å². The fourth-order valence-corrected chi connectivity index (χ4v) is 2.32. The highest BCUT2D eigenvalue weighted by Crippen LogP contribution is 2.32. The maximum absolute atomic E-state index is 9.44. The van der Waals surface area contributed by atoms with Crippen molar-refractivity contribution in [3.63, 3.8) is 0 Å². The Bertz CT molecular complexity index is 570. The number of para-hydroxylation sites is 1. The summed E-state index contributed by atoms with van der Waals surface area (Å²) in [5.74, 6) is 0.276. The fourth-order valence-electron chi connectivity index (χ4n) is 1.98. The monoisotopic (exact) mass is 276 g/mol. The molecular formula is C15H17ClN2O. The molecule has 0 aliphatic carbocycles. The zero-order valence-electron chi connectivity index (χ0n) is 11.0. The van der Waals surface area contributed by atoms with Gasteiger partial charge in [-0.1, -0.05) is 29.8 Å². The molecule has 0 spiro atoms. The molecule has 0 heterocycles. The highest BCUT2D eigenvalue weighted by molar-refractivity contribution is 6.34. The lowest BCUT2D eigenvalue weighted by Crippen LogP contribution is -2.12. The van der Waals surface area contributed by atoms with E-state index in [4.69, 9.17) is 11.6 Å². The molecule has 4 heteroatoms. The molecule has 0 radical (unpaired) electrons. The molecule has 2 aromatic rings. The van der Waals surface area contributed by atoms with E-state index in [2.05, 4.69) is 5.32 Å². The van der Waals surface area contributed by atoms with E-state index in [-0.39, 0.29) is 5.75 Å². The second-order valence-corrected chi connectivity index (χ2v) is 4.96. The first-order valence-electron chi connectivity index (χ1n) is 6.05. The summed E-state index contributed by atoms with van der Waals surface area (Å²) in [6, 6.07) is 13.0. The first kappa shape index (κ1) is 13.6. The van der Waals surface area contributed by atoms with Crippen molar-refractivity contribution < 1.29 is 5.11 Å². The number of aromatic hydroxyl groups is 1. The number of phenols is 1. The summed E-state index contributed by atoms with van der Waals surface area (Å²) < 4.78 is 0. The number of halogens is 1. The summed E-state index contributed by atoms with van der Waals surface area (Å²) in [7, 11) is 3.92. The highest BCUT2D eigenvalue weighted by Gasteiger charge is 2.08. The zero-order valence-corrected chi connectivity index (χ0v) is 11.8. The number of rotatable bonds is 4. The lowest BCUT2D eigenvalue weighted by atomic mass is 10.2. The topological polar surface area (TPSA) is 35.5 Å². The van der Waals surface area contributed by atoms with Gasteiger partial charge < -0.3 is 15.3 Å². The summed E-state index contributed by atoms with van der Waals surface area (Å²) in [6.45, 7) is 0.635. The van der Waals surface area contributed by atoms with Crippen molar-refractivity contribution >= 4 is 23.0 Å². The Balaban J connectivity index is 2.18. The van der Waals surface area contributed by atoms with E-state index in [1.54, 1.807) is 12.1 Å². The van der Waals surface area contributed by atoms with Crippen LogP contribution in [0.25, 0.3) is 0 Å². The minimum atomic E-state index is 0.276. The molecule has 0 bridgehead atoms. The van der Waals surface area contributed by atoms with Crippen molar-refractivity contribution in [2.24, 2.45) is 0 Å². The molecule has 0 aliphatic rings. The van der Waals surface area contributed by atoms with Crippen molar-refractivity contribution in [2.45, 2.75) is 6.54 Å². The van der Waals surface area contributed by atoms with E-state index in [1.165, 1.54) is 0 Å². The Labute approximate surface area is 118 Å². The Kier molecular flexibility index (Phi) is 4.17. The van der Waals surface area contributed by atoms with Crippen LogP contribution in [0.4, 0.5) is 11.4 Å². The maximum atomic E-state index is 9.44. The predicted octanol–water partition coefficient (Wildman–Crippen LogP) is 3.72. The van der Waals surface area contributed by atoms with Gasteiger partial charge in [0.05, 0.1) is 16.4 Å². The lowest BCUT2D eigenvalue weighted by Gasteiger charge is -2.20. The number of nitrogens with zero attached hydrogens (tertiary/aromatic N) is 1. The molecule has 2 N–H and O–H groups in total. The number of hydrogen-bond donors (Lipinski definition) is 2. The molecule has 0 amide bonds. The number of anilines is 2. The van der Waals surface area contributed by atoms with Gasteiger partial charge in [-0.25, -0.2) is 0 Å². The van der Waals surface area contributed by atoms with Crippen LogP contribution < -0.4 is 10.2 Å². The molecule has 0 saturated heterocycles. The average molecular weight is 277 g/mol. The molecular weight excluding hydrogens is 260 g/mol. The second-order valence-electron chi connectivity index (χ2n) is 4.55. The van der Waals surface area contributed by atoms with Gasteiger partial charge in [0, 0.05) is 20.6 Å². The number of nitrogens with one attached hydrogen (secondary N) is 1. The molecule has 0 saturated carbocycles. The zero-order chi connectivity index (χ0) is 13.8. The van der Waals surface area contributed by atoms with Crippen molar-refractivity contribution in [1.82, 2.24) is 0 Å². The van der Waals surface area contributed by atoms with Crippen LogP contribution in [0.1, 0.15) is 5.56 Å². The molecule has 0 aromatic heterocycles. The van der Waals surface area contributed by atoms with Crippen LogP contribution in [0, 0.1) is 0 Å². The molecule has 0 unspecified atom stereocenters. The quantitative estimate of drug-likeness (QED) is 0.893. The van der Waals surface area contributed by atoms with Gasteiger partial charge in [0.25, 0.3) is 0 Å². The summed E-state index contributed by atoms with van der Waals surface area (Å²) in [4.78, 5) is 1.98. The van der Waals surface area contributed by atoms with Crippen molar-refractivity contribution in [3.05, 3.63) is 53.1 Å². The smallest absolute Gasteiger partial charge is 0.115 e. The molecule has 2 aromatic carbocycles. The van der Waals surface area contributed by atoms with E-state index in [0.717, 1.165) is 16.9 Å². The van der Waals surface area contributed by atoms with Gasteiger partial charge in [-0.3, -0.25) is 0 Å². The van der Waals surface area contributed by atoms with Gasteiger partial charge in [0.1, 0.15) is 5.75 Å².